The summed E-state index contributed by atoms with van der Waals surface area (Å²) in [6.45, 7) is 2.69. The van der Waals surface area contributed by atoms with Crippen LogP contribution in [0.2, 0.25) is 5.02 Å². The van der Waals surface area contributed by atoms with Crippen LogP contribution in [-0.4, -0.2) is 16.5 Å². The van der Waals surface area contributed by atoms with Gasteiger partial charge < -0.3 is 10.1 Å². The van der Waals surface area contributed by atoms with Gasteiger partial charge in [-0.25, -0.2) is 0 Å². The van der Waals surface area contributed by atoms with E-state index in [0.29, 0.717) is 17.4 Å². The Morgan fingerprint density at radius 3 is 2.76 bits per heavy atom. The first-order chi connectivity index (χ1) is 10.1. The van der Waals surface area contributed by atoms with Gasteiger partial charge in [-0.15, -0.1) is 0 Å². The molecule has 0 saturated heterocycles. The van der Waals surface area contributed by atoms with Crippen molar-refractivity contribution in [1.29, 1.82) is 0 Å². The second kappa shape index (κ2) is 6.90. The van der Waals surface area contributed by atoms with Gasteiger partial charge in [0, 0.05) is 23.2 Å². The van der Waals surface area contributed by atoms with Crippen molar-refractivity contribution in [3.8, 4) is 5.88 Å². The van der Waals surface area contributed by atoms with Gasteiger partial charge in [0.2, 0.25) is 0 Å². The molecule has 0 aliphatic heterocycles. The Morgan fingerprint density at radius 1 is 1.33 bits per heavy atom. The highest BCUT2D eigenvalue weighted by atomic mass is 35.5. The fraction of sp³-hybridized carbons (Fsp3) is 0.214. The van der Waals surface area contributed by atoms with E-state index in [4.69, 9.17) is 16.3 Å². The molecule has 2 rings (SSSR count). The second-order valence-electron chi connectivity index (χ2n) is 4.19. The first-order valence-corrected chi connectivity index (χ1v) is 6.75. The van der Waals surface area contributed by atoms with Crippen molar-refractivity contribution in [2.24, 2.45) is 0 Å². The van der Waals surface area contributed by atoms with Crippen LogP contribution in [-0.2, 0) is 6.61 Å². The van der Waals surface area contributed by atoms with E-state index < -0.39 is 4.92 Å². The molecular formula is C14H14ClN3O3. The van der Waals surface area contributed by atoms with Crippen molar-refractivity contribution in [3.05, 3.63) is 57.1 Å². The molecule has 6 nitrogen and oxygen atoms in total. The number of aromatic nitrogens is 1. The molecule has 0 aliphatic carbocycles. The molecule has 0 atom stereocenters. The van der Waals surface area contributed by atoms with Crippen molar-refractivity contribution in [3.63, 3.8) is 0 Å². The lowest BCUT2D eigenvalue weighted by atomic mass is 10.2. The summed E-state index contributed by atoms with van der Waals surface area (Å²) in [5, 5.41) is 14.5. The summed E-state index contributed by atoms with van der Waals surface area (Å²) in [5.41, 5.74) is 0.563. The minimum Gasteiger partial charge on any atom is -0.468 e. The molecule has 1 aromatic carbocycles. The predicted octanol–water partition coefficient (Wildman–Crippen LogP) is 3.65. The molecule has 0 saturated carbocycles. The van der Waals surface area contributed by atoms with E-state index in [2.05, 4.69) is 10.3 Å². The lowest BCUT2D eigenvalue weighted by Crippen LogP contribution is -2.05. The van der Waals surface area contributed by atoms with Gasteiger partial charge in [-0.2, -0.15) is 4.98 Å². The number of nitrogens with zero attached hydrogens (tertiary/aromatic N) is 2. The Labute approximate surface area is 126 Å². The molecule has 0 spiro atoms. The van der Waals surface area contributed by atoms with E-state index in [1.54, 1.807) is 24.3 Å². The zero-order valence-corrected chi connectivity index (χ0v) is 12.1. The average Bonchev–Trinajstić information content (AvgIpc) is 2.46. The Kier molecular flexibility index (Phi) is 4.94. The van der Waals surface area contributed by atoms with E-state index in [1.165, 1.54) is 6.07 Å². The fourth-order valence-electron chi connectivity index (χ4n) is 1.72. The number of halogens is 1. The molecule has 0 radical (unpaired) electrons. The van der Waals surface area contributed by atoms with Crippen LogP contribution in [0.15, 0.2) is 36.4 Å². The number of rotatable bonds is 6. The number of anilines is 1. The minimum absolute atomic E-state index is 0.0293. The molecule has 0 bridgehead atoms. The van der Waals surface area contributed by atoms with Crippen molar-refractivity contribution < 1.29 is 9.66 Å². The zero-order chi connectivity index (χ0) is 15.2. The predicted molar refractivity (Wildman–Crippen MR) is 80.8 cm³/mol. The zero-order valence-electron chi connectivity index (χ0n) is 11.4. The van der Waals surface area contributed by atoms with Gasteiger partial charge in [0.15, 0.2) is 0 Å². The van der Waals surface area contributed by atoms with E-state index in [9.17, 15) is 10.1 Å². The topological polar surface area (TPSA) is 77.3 Å². The van der Waals surface area contributed by atoms with E-state index in [0.717, 1.165) is 5.56 Å². The molecule has 2 aromatic rings. The van der Waals surface area contributed by atoms with Crippen LogP contribution in [0, 0.1) is 10.1 Å². The first-order valence-electron chi connectivity index (χ1n) is 6.37. The van der Waals surface area contributed by atoms with Crippen LogP contribution >= 0.6 is 11.6 Å². The third-order valence-corrected chi connectivity index (χ3v) is 3.09. The number of hydrogen-bond donors (Lipinski definition) is 1. The van der Waals surface area contributed by atoms with Crippen LogP contribution < -0.4 is 10.1 Å². The Balaban J connectivity index is 2.22. The molecule has 0 fully saturated rings. The third kappa shape index (κ3) is 3.82. The van der Waals surface area contributed by atoms with Crippen molar-refractivity contribution in [2.45, 2.75) is 13.5 Å². The van der Waals surface area contributed by atoms with E-state index in [1.807, 2.05) is 13.0 Å². The summed E-state index contributed by atoms with van der Waals surface area (Å²) in [6.07, 6.45) is 0. The number of hydrogen-bond acceptors (Lipinski definition) is 5. The normalized spacial score (nSPS) is 10.2. The van der Waals surface area contributed by atoms with Crippen LogP contribution in [0.1, 0.15) is 12.5 Å². The molecule has 1 N–H and O–H groups in total. The molecule has 1 aromatic heterocycles. The van der Waals surface area contributed by atoms with Crippen molar-refractivity contribution in [2.75, 3.05) is 11.9 Å². The maximum absolute atomic E-state index is 11.0. The molecule has 0 aliphatic rings. The maximum Gasteiger partial charge on any atom is 0.331 e. The highest BCUT2D eigenvalue weighted by molar-refractivity contribution is 6.31. The summed E-state index contributed by atoms with van der Waals surface area (Å²) in [4.78, 5) is 14.6. The molecule has 0 unspecified atom stereocenters. The van der Waals surface area contributed by atoms with E-state index in [-0.39, 0.29) is 18.2 Å². The second-order valence-corrected chi connectivity index (χ2v) is 4.60. The summed E-state index contributed by atoms with van der Waals surface area (Å²) >= 11 is 6.03. The van der Waals surface area contributed by atoms with Gasteiger partial charge >= 0.3 is 5.69 Å². The smallest absolute Gasteiger partial charge is 0.331 e. The molecular weight excluding hydrogens is 294 g/mol. The van der Waals surface area contributed by atoms with Gasteiger partial charge in [-0.05, 0) is 19.1 Å². The van der Waals surface area contributed by atoms with Gasteiger partial charge in [0.25, 0.3) is 5.88 Å². The van der Waals surface area contributed by atoms with Crippen LogP contribution in [0.3, 0.4) is 0 Å². The summed E-state index contributed by atoms with van der Waals surface area (Å²) < 4.78 is 5.48. The molecule has 110 valence electrons. The van der Waals surface area contributed by atoms with Gasteiger partial charge in [-0.3, -0.25) is 10.1 Å². The lowest BCUT2D eigenvalue weighted by molar-refractivity contribution is -0.386. The third-order valence-electron chi connectivity index (χ3n) is 2.72. The Morgan fingerprint density at radius 2 is 2.10 bits per heavy atom. The highest BCUT2D eigenvalue weighted by Gasteiger charge is 2.18. The van der Waals surface area contributed by atoms with Gasteiger partial charge in [-0.1, -0.05) is 29.8 Å². The van der Waals surface area contributed by atoms with E-state index >= 15 is 0 Å². The monoisotopic (exact) mass is 307 g/mol. The summed E-state index contributed by atoms with van der Waals surface area (Å²) in [5.74, 6) is 0.496. The average molecular weight is 308 g/mol. The Bertz CT molecular complexity index is 649. The largest absolute Gasteiger partial charge is 0.468 e. The summed E-state index contributed by atoms with van der Waals surface area (Å²) in [6, 6.07) is 10.1. The SMILES string of the molecule is CCNc1ccc([N+](=O)[O-])c(OCc2ccccc2Cl)n1. The minimum atomic E-state index is -0.523. The molecule has 1 heterocycles. The van der Waals surface area contributed by atoms with Crippen molar-refractivity contribution >= 4 is 23.1 Å². The Hall–Kier alpha value is -2.34. The fourth-order valence-corrected chi connectivity index (χ4v) is 1.91. The van der Waals surface area contributed by atoms with Crippen LogP contribution in [0.4, 0.5) is 11.5 Å². The number of pyridine rings is 1. The number of ether oxygens (including phenoxy) is 1. The number of benzene rings is 1. The number of nitrogens with one attached hydrogen (secondary N) is 1. The summed E-state index contributed by atoms with van der Waals surface area (Å²) in [7, 11) is 0. The standard InChI is InChI=1S/C14H14ClN3O3/c1-2-16-13-8-7-12(18(19)20)14(17-13)21-9-10-5-3-4-6-11(10)15/h3-8H,2,9H2,1H3,(H,16,17). The quantitative estimate of drug-likeness (QED) is 0.651. The molecule has 7 heteroatoms. The molecule has 21 heavy (non-hydrogen) atoms. The maximum atomic E-state index is 11.0. The highest BCUT2D eigenvalue weighted by Crippen LogP contribution is 2.27. The lowest BCUT2D eigenvalue weighted by Gasteiger charge is -2.09. The van der Waals surface area contributed by atoms with Gasteiger partial charge in [0.05, 0.1) is 4.92 Å². The number of nitro groups is 1. The molecule has 0 amide bonds. The van der Waals surface area contributed by atoms with Gasteiger partial charge in [0.1, 0.15) is 12.4 Å². The van der Waals surface area contributed by atoms with Crippen molar-refractivity contribution in [1.82, 2.24) is 4.98 Å². The van der Waals surface area contributed by atoms with Crippen LogP contribution in [0.25, 0.3) is 0 Å². The first kappa shape index (κ1) is 15.1. The van der Waals surface area contributed by atoms with Crippen LogP contribution in [0.5, 0.6) is 5.88 Å².